The lowest BCUT2D eigenvalue weighted by Crippen LogP contribution is -2.40. The van der Waals surface area contributed by atoms with Crippen molar-refractivity contribution in [1.82, 2.24) is 14.4 Å². The molecule has 1 aromatic heterocycles. The highest BCUT2D eigenvalue weighted by Crippen LogP contribution is 2.03. The lowest BCUT2D eigenvalue weighted by molar-refractivity contribution is 0.177. The van der Waals surface area contributed by atoms with Gasteiger partial charge in [-0.1, -0.05) is 6.92 Å². The van der Waals surface area contributed by atoms with Crippen molar-refractivity contribution in [3.8, 4) is 0 Å². The normalized spacial score (nSPS) is 13.1. The van der Waals surface area contributed by atoms with Gasteiger partial charge in [-0.15, -0.1) is 0 Å². The first-order chi connectivity index (χ1) is 9.43. The van der Waals surface area contributed by atoms with Crippen LogP contribution < -0.4 is 11.3 Å². The van der Waals surface area contributed by atoms with Gasteiger partial charge in [-0.25, -0.2) is 0 Å². The lowest BCUT2D eigenvalue weighted by atomic mass is 10.2. The Morgan fingerprint density at radius 1 is 1.35 bits per heavy atom. The Morgan fingerprint density at radius 3 is 2.65 bits per heavy atom. The number of hydrogen-bond acceptors (Lipinski definition) is 4. The number of anilines is 1. The largest absolute Gasteiger partial charge is 0.398 e. The maximum absolute atomic E-state index is 11.7. The average Bonchev–Trinajstić information content (AvgIpc) is 2.37. The molecule has 1 rings (SSSR count). The van der Waals surface area contributed by atoms with Gasteiger partial charge in [-0.3, -0.25) is 9.69 Å². The Labute approximate surface area is 122 Å². The predicted molar refractivity (Wildman–Crippen MR) is 85.0 cm³/mol. The van der Waals surface area contributed by atoms with Gasteiger partial charge in [-0.05, 0) is 40.1 Å². The maximum atomic E-state index is 11.7. The van der Waals surface area contributed by atoms with Crippen LogP contribution in [0.3, 0.4) is 0 Å². The van der Waals surface area contributed by atoms with Crippen molar-refractivity contribution in [3.63, 3.8) is 0 Å². The van der Waals surface area contributed by atoms with Crippen LogP contribution >= 0.6 is 0 Å². The van der Waals surface area contributed by atoms with Crippen molar-refractivity contribution in [2.75, 3.05) is 39.5 Å². The minimum Gasteiger partial charge on any atom is -0.398 e. The molecule has 5 heteroatoms. The molecule has 2 N–H and O–H groups in total. The number of nitrogens with zero attached hydrogens (tertiary/aromatic N) is 3. The van der Waals surface area contributed by atoms with E-state index in [4.69, 9.17) is 5.73 Å². The van der Waals surface area contributed by atoms with Gasteiger partial charge in [0.2, 0.25) is 0 Å². The number of pyridine rings is 1. The fraction of sp³-hybridized carbons (Fsp3) is 0.667. The van der Waals surface area contributed by atoms with Crippen LogP contribution in [0.1, 0.15) is 20.3 Å². The van der Waals surface area contributed by atoms with Gasteiger partial charge < -0.3 is 15.2 Å². The van der Waals surface area contributed by atoms with E-state index in [1.807, 2.05) is 0 Å². The minimum absolute atomic E-state index is 0.0172. The minimum atomic E-state index is 0.0172. The fourth-order valence-electron chi connectivity index (χ4n) is 2.50. The standard InChI is InChI=1S/C15H28N4O/c1-5-18(13(2)11-17(3)4)9-6-10-19-12-14(16)7-8-15(19)20/h7-8,12-13H,5-6,9-11,16H2,1-4H3. The van der Waals surface area contributed by atoms with Crippen molar-refractivity contribution >= 4 is 5.69 Å². The number of nitrogen functional groups attached to an aromatic ring is 1. The molecule has 0 aromatic carbocycles. The van der Waals surface area contributed by atoms with Gasteiger partial charge in [0.05, 0.1) is 0 Å². The molecule has 0 spiro atoms. The molecule has 0 saturated heterocycles. The molecule has 0 saturated carbocycles. The Balaban J connectivity index is 2.49. The molecule has 20 heavy (non-hydrogen) atoms. The summed E-state index contributed by atoms with van der Waals surface area (Å²) >= 11 is 0. The summed E-state index contributed by atoms with van der Waals surface area (Å²) in [5.41, 5.74) is 6.37. The number of hydrogen-bond donors (Lipinski definition) is 1. The van der Waals surface area contributed by atoms with Crippen LogP contribution in [0.25, 0.3) is 0 Å². The van der Waals surface area contributed by atoms with E-state index in [0.29, 0.717) is 11.7 Å². The molecule has 1 unspecified atom stereocenters. The number of aromatic nitrogens is 1. The molecule has 0 aliphatic carbocycles. The molecule has 0 aliphatic heterocycles. The van der Waals surface area contributed by atoms with Gasteiger partial charge in [0.25, 0.3) is 5.56 Å². The summed E-state index contributed by atoms with van der Waals surface area (Å²) in [4.78, 5) is 16.3. The van der Waals surface area contributed by atoms with Crippen molar-refractivity contribution in [2.24, 2.45) is 0 Å². The molecule has 114 valence electrons. The van der Waals surface area contributed by atoms with Gasteiger partial charge in [0, 0.05) is 43.6 Å². The Bertz CT molecular complexity index is 455. The third-order valence-electron chi connectivity index (χ3n) is 3.51. The second-order valence-corrected chi connectivity index (χ2v) is 5.59. The highest BCUT2D eigenvalue weighted by molar-refractivity contribution is 5.33. The molecular formula is C15H28N4O. The highest BCUT2D eigenvalue weighted by atomic mass is 16.1. The number of nitrogens with two attached hydrogens (primary N) is 1. The summed E-state index contributed by atoms with van der Waals surface area (Å²) in [5.74, 6) is 0. The maximum Gasteiger partial charge on any atom is 0.250 e. The van der Waals surface area contributed by atoms with Gasteiger partial charge in [-0.2, -0.15) is 0 Å². The van der Waals surface area contributed by atoms with Gasteiger partial charge in [0.1, 0.15) is 0 Å². The molecule has 1 heterocycles. The zero-order chi connectivity index (χ0) is 15.1. The monoisotopic (exact) mass is 280 g/mol. The summed E-state index contributed by atoms with van der Waals surface area (Å²) in [5, 5.41) is 0. The molecule has 0 fully saturated rings. The first-order valence-electron chi connectivity index (χ1n) is 7.28. The first kappa shape index (κ1) is 16.7. The van der Waals surface area contributed by atoms with Crippen LogP contribution in [-0.4, -0.2) is 54.1 Å². The number of likely N-dealkylation sites (N-methyl/N-ethyl adjacent to an activating group) is 2. The zero-order valence-corrected chi connectivity index (χ0v) is 13.2. The van der Waals surface area contributed by atoms with Crippen LogP contribution in [-0.2, 0) is 6.54 Å². The van der Waals surface area contributed by atoms with E-state index in [-0.39, 0.29) is 5.56 Å². The second kappa shape index (κ2) is 8.07. The quantitative estimate of drug-likeness (QED) is 0.774. The van der Waals surface area contributed by atoms with E-state index in [2.05, 4.69) is 37.7 Å². The van der Waals surface area contributed by atoms with Crippen molar-refractivity contribution in [3.05, 3.63) is 28.7 Å². The third-order valence-corrected chi connectivity index (χ3v) is 3.51. The Morgan fingerprint density at radius 2 is 2.05 bits per heavy atom. The summed E-state index contributed by atoms with van der Waals surface area (Å²) < 4.78 is 1.69. The average molecular weight is 280 g/mol. The van der Waals surface area contributed by atoms with Crippen molar-refractivity contribution in [2.45, 2.75) is 32.9 Å². The molecule has 0 amide bonds. The third kappa shape index (κ3) is 5.35. The van der Waals surface area contributed by atoms with Crippen LogP contribution in [0.4, 0.5) is 5.69 Å². The van der Waals surface area contributed by atoms with Crippen LogP contribution in [0.15, 0.2) is 23.1 Å². The van der Waals surface area contributed by atoms with E-state index >= 15 is 0 Å². The zero-order valence-electron chi connectivity index (χ0n) is 13.2. The molecule has 1 aromatic rings. The Hall–Kier alpha value is -1.33. The molecule has 0 bridgehead atoms. The van der Waals surface area contributed by atoms with Crippen LogP contribution in [0, 0.1) is 0 Å². The van der Waals surface area contributed by atoms with E-state index < -0.39 is 0 Å². The van der Waals surface area contributed by atoms with Crippen LogP contribution in [0.5, 0.6) is 0 Å². The molecule has 0 aliphatic rings. The number of aryl methyl sites for hydroxylation is 1. The molecule has 0 radical (unpaired) electrons. The highest BCUT2D eigenvalue weighted by Gasteiger charge is 2.12. The van der Waals surface area contributed by atoms with Crippen molar-refractivity contribution in [1.29, 1.82) is 0 Å². The van der Waals surface area contributed by atoms with Gasteiger partial charge in [0.15, 0.2) is 0 Å². The first-order valence-corrected chi connectivity index (χ1v) is 7.28. The van der Waals surface area contributed by atoms with Gasteiger partial charge >= 0.3 is 0 Å². The van der Waals surface area contributed by atoms with Crippen LogP contribution in [0.2, 0.25) is 0 Å². The Kier molecular flexibility index (Phi) is 6.75. The summed E-state index contributed by atoms with van der Waals surface area (Å²) in [6.45, 7) is 8.21. The van der Waals surface area contributed by atoms with E-state index in [0.717, 1.165) is 32.6 Å². The second-order valence-electron chi connectivity index (χ2n) is 5.59. The SMILES string of the molecule is CCN(CCCn1cc(N)ccc1=O)C(C)CN(C)C. The summed E-state index contributed by atoms with van der Waals surface area (Å²) in [7, 11) is 4.19. The molecule has 5 nitrogen and oxygen atoms in total. The summed E-state index contributed by atoms with van der Waals surface area (Å²) in [6.07, 6.45) is 2.68. The molecular weight excluding hydrogens is 252 g/mol. The smallest absolute Gasteiger partial charge is 0.250 e. The number of rotatable bonds is 8. The molecule has 1 atom stereocenters. The van der Waals surface area contributed by atoms with Crippen molar-refractivity contribution < 1.29 is 0 Å². The van der Waals surface area contributed by atoms with E-state index in [1.165, 1.54) is 6.07 Å². The fourth-order valence-corrected chi connectivity index (χ4v) is 2.50. The van der Waals surface area contributed by atoms with E-state index in [1.54, 1.807) is 16.8 Å². The lowest BCUT2D eigenvalue weighted by Gasteiger charge is -2.30. The van der Waals surface area contributed by atoms with E-state index in [9.17, 15) is 4.79 Å². The predicted octanol–water partition coefficient (Wildman–Crippen LogP) is 1.09. The summed E-state index contributed by atoms with van der Waals surface area (Å²) in [6, 6.07) is 3.70. The topological polar surface area (TPSA) is 54.5 Å².